The Bertz CT molecular complexity index is 227. The Labute approximate surface area is 61.9 Å². The highest BCUT2D eigenvalue weighted by Crippen LogP contribution is 2.13. The Morgan fingerprint density at radius 1 is 1.73 bits per heavy atom. The predicted octanol–water partition coefficient (Wildman–Crippen LogP) is 0.141. The third-order valence-electron chi connectivity index (χ3n) is 1.35. The number of nitro groups is 1. The summed E-state index contributed by atoms with van der Waals surface area (Å²) in [6.45, 7) is 0.326. The molecule has 0 unspecified atom stereocenters. The van der Waals surface area contributed by atoms with Crippen LogP contribution < -0.4 is 0 Å². The molecule has 1 aliphatic rings. The molecule has 0 atom stereocenters. The van der Waals surface area contributed by atoms with E-state index in [-0.39, 0.29) is 13.1 Å². The van der Waals surface area contributed by atoms with Crippen molar-refractivity contribution in [2.45, 2.75) is 0 Å². The van der Waals surface area contributed by atoms with E-state index in [1.54, 1.807) is 0 Å². The van der Waals surface area contributed by atoms with Crippen molar-refractivity contribution in [2.75, 3.05) is 13.1 Å². The Balaban J connectivity index is 2.40. The highest BCUT2D eigenvalue weighted by atomic mass is 16.6. The summed E-state index contributed by atoms with van der Waals surface area (Å²) in [5, 5.41) is 18.2. The van der Waals surface area contributed by atoms with Gasteiger partial charge in [-0.3, -0.25) is 15.0 Å². The van der Waals surface area contributed by atoms with Gasteiger partial charge in [0.05, 0.1) is 18.0 Å². The molecule has 1 saturated heterocycles. The van der Waals surface area contributed by atoms with E-state index in [0.29, 0.717) is 5.57 Å². The molecule has 0 spiro atoms. The number of carbonyl (C=O) groups is 1. The van der Waals surface area contributed by atoms with Gasteiger partial charge >= 0.3 is 6.09 Å². The van der Waals surface area contributed by atoms with Crippen LogP contribution in [-0.4, -0.2) is 34.1 Å². The number of amides is 1. The molecule has 1 rings (SSSR count). The highest BCUT2D eigenvalue weighted by Gasteiger charge is 2.26. The third kappa shape index (κ3) is 1.66. The average molecular weight is 158 g/mol. The Hall–Kier alpha value is -1.59. The summed E-state index contributed by atoms with van der Waals surface area (Å²) in [7, 11) is 0. The first-order valence-corrected chi connectivity index (χ1v) is 2.90. The molecule has 0 aromatic heterocycles. The van der Waals surface area contributed by atoms with Gasteiger partial charge in [0, 0.05) is 5.57 Å². The van der Waals surface area contributed by atoms with Gasteiger partial charge in [-0.05, 0) is 0 Å². The molecule has 0 aromatic rings. The van der Waals surface area contributed by atoms with Crippen molar-refractivity contribution in [3.63, 3.8) is 0 Å². The standard InChI is InChI=1S/C5H6N2O4/c8-5(9)6-1-4(2-6)3-7(10)11/h3H,1-2H2,(H,8,9). The SMILES string of the molecule is O=C(O)N1CC(=C[N+](=O)[O-])C1. The largest absolute Gasteiger partial charge is 0.465 e. The molecule has 0 aliphatic carbocycles. The monoisotopic (exact) mass is 158 g/mol. The van der Waals surface area contributed by atoms with Crippen molar-refractivity contribution in [3.05, 3.63) is 21.9 Å². The molecule has 1 N–H and O–H groups in total. The lowest BCUT2D eigenvalue weighted by atomic mass is 10.1. The summed E-state index contributed by atoms with van der Waals surface area (Å²) >= 11 is 0. The van der Waals surface area contributed by atoms with Crippen LogP contribution in [0.5, 0.6) is 0 Å². The quantitative estimate of drug-likeness (QED) is 0.434. The maximum Gasteiger partial charge on any atom is 0.407 e. The summed E-state index contributed by atoms with van der Waals surface area (Å²) in [4.78, 5) is 20.5. The van der Waals surface area contributed by atoms with Crippen molar-refractivity contribution in [2.24, 2.45) is 0 Å². The summed E-state index contributed by atoms with van der Waals surface area (Å²) in [6, 6.07) is 0. The summed E-state index contributed by atoms with van der Waals surface area (Å²) < 4.78 is 0. The molecule has 1 fully saturated rings. The molecule has 0 bridgehead atoms. The number of nitrogens with zero attached hydrogens (tertiary/aromatic N) is 2. The van der Waals surface area contributed by atoms with Crippen molar-refractivity contribution in [3.8, 4) is 0 Å². The van der Waals surface area contributed by atoms with Crippen LogP contribution in [0.25, 0.3) is 0 Å². The van der Waals surface area contributed by atoms with Crippen LogP contribution in [0, 0.1) is 10.1 Å². The van der Waals surface area contributed by atoms with Crippen molar-refractivity contribution in [1.82, 2.24) is 4.90 Å². The molecule has 0 radical (unpaired) electrons. The van der Waals surface area contributed by atoms with Gasteiger partial charge in [0.15, 0.2) is 0 Å². The van der Waals surface area contributed by atoms with Gasteiger partial charge in [-0.1, -0.05) is 0 Å². The molecule has 1 heterocycles. The van der Waals surface area contributed by atoms with E-state index in [9.17, 15) is 14.9 Å². The molecular weight excluding hydrogens is 152 g/mol. The number of hydrogen-bond acceptors (Lipinski definition) is 3. The number of hydrogen-bond donors (Lipinski definition) is 1. The zero-order chi connectivity index (χ0) is 8.43. The van der Waals surface area contributed by atoms with E-state index in [1.165, 1.54) is 0 Å². The van der Waals surface area contributed by atoms with Gasteiger partial charge in [-0.2, -0.15) is 0 Å². The lowest BCUT2D eigenvalue weighted by Crippen LogP contribution is -2.43. The van der Waals surface area contributed by atoms with Crippen molar-refractivity contribution >= 4 is 6.09 Å². The molecule has 60 valence electrons. The number of rotatable bonds is 1. The zero-order valence-electron chi connectivity index (χ0n) is 5.56. The Morgan fingerprint density at radius 2 is 2.27 bits per heavy atom. The molecule has 6 nitrogen and oxygen atoms in total. The fourth-order valence-corrected chi connectivity index (χ4v) is 0.810. The molecule has 6 heteroatoms. The van der Waals surface area contributed by atoms with Crippen LogP contribution in [-0.2, 0) is 0 Å². The second-order valence-electron chi connectivity index (χ2n) is 2.21. The summed E-state index contributed by atoms with van der Waals surface area (Å²) in [5.74, 6) is 0. The predicted molar refractivity (Wildman–Crippen MR) is 34.7 cm³/mol. The number of likely N-dealkylation sites (tertiary alicyclic amines) is 1. The molecular formula is C5H6N2O4. The highest BCUT2D eigenvalue weighted by molar-refractivity contribution is 5.67. The fraction of sp³-hybridized carbons (Fsp3) is 0.400. The molecule has 1 amide bonds. The van der Waals surface area contributed by atoms with Crippen LogP contribution in [0.3, 0.4) is 0 Å². The van der Waals surface area contributed by atoms with Crippen molar-refractivity contribution in [1.29, 1.82) is 0 Å². The topological polar surface area (TPSA) is 83.7 Å². The van der Waals surface area contributed by atoms with Crippen LogP contribution in [0.15, 0.2) is 11.8 Å². The van der Waals surface area contributed by atoms with E-state index in [1.807, 2.05) is 0 Å². The minimum atomic E-state index is -1.04. The van der Waals surface area contributed by atoms with E-state index in [4.69, 9.17) is 5.11 Å². The van der Waals surface area contributed by atoms with Gasteiger partial charge in [0.1, 0.15) is 0 Å². The maximum absolute atomic E-state index is 10.1. The van der Waals surface area contributed by atoms with Crippen LogP contribution >= 0.6 is 0 Å². The van der Waals surface area contributed by atoms with Gasteiger partial charge < -0.3 is 5.11 Å². The first-order valence-electron chi connectivity index (χ1n) is 2.90. The minimum absolute atomic E-state index is 0.163. The first-order chi connectivity index (χ1) is 5.09. The molecule has 0 saturated carbocycles. The van der Waals surface area contributed by atoms with E-state index < -0.39 is 11.0 Å². The van der Waals surface area contributed by atoms with E-state index >= 15 is 0 Å². The Kier molecular flexibility index (Phi) is 1.75. The van der Waals surface area contributed by atoms with Crippen molar-refractivity contribution < 1.29 is 14.8 Å². The van der Waals surface area contributed by atoms with Gasteiger partial charge in [-0.15, -0.1) is 0 Å². The second kappa shape index (κ2) is 2.57. The zero-order valence-corrected chi connectivity index (χ0v) is 5.56. The van der Waals surface area contributed by atoms with Gasteiger partial charge in [-0.25, -0.2) is 4.79 Å². The Morgan fingerprint density at radius 3 is 2.64 bits per heavy atom. The third-order valence-corrected chi connectivity index (χ3v) is 1.35. The normalized spacial score (nSPS) is 15.6. The van der Waals surface area contributed by atoms with E-state index in [2.05, 4.69) is 0 Å². The van der Waals surface area contributed by atoms with Crippen LogP contribution in [0.4, 0.5) is 4.79 Å². The first kappa shape index (κ1) is 7.52. The molecule has 11 heavy (non-hydrogen) atoms. The maximum atomic E-state index is 10.1. The summed E-state index contributed by atoms with van der Waals surface area (Å²) in [6.07, 6.45) is -0.190. The lowest BCUT2D eigenvalue weighted by molar-refractivity contribution is -0.404. The van der Waals surface area contributed by atoms with Gasteiger partial charge in [0.25, 0.3) is 0 Å². The average Bonchev–Trinajstić information content (AvgIpc) is 1.75. The van der Waals surface area contributed by atoms with Gasteiger partial charge in [0.2, 0.25) is 6.20 Å². The molecule has 1 aliphatic heterocycles. The fourth-order valence-electron chi connectivity index (χ4n) is 0.810. The number of carboxylic acid groups (broad SMARTS) is 1. The smallest absolute Gasteiger partial charge is 0.407 e. The van der Waals surface area contributed by atoms with Crippen LogP contribution in [0.1, 0.15) is 0 Å². The second-order valence-corrected chi connectivity index (χ2v) is 2.21. The van der Waals surface area contributed by atoms with E-state index in [0.717, 1.165) is 11.1 Å². The molecule has 0 aromatic carbocycles. The summed E-state index contributed by atoms with van der Waals surface area (Å²) in [5.41, 5.74) is 0.539. The van der Waals surface area contributed by atoms with Crippen LogP contribution in [0.2, 0.25) is 0 Å². The lowest BCUT2D eigenvalue weighted by Gasteiger charge is -2.28. The minimum Gasteiger partial charge on any atom is -0.465 e.